The number of amides is 1. The number of hydrogen-bond acceptors (Lipinski definition) is 5. The number of halogens is 1. The van der Waals surface area contributed by atoms with Crippen LogP contribution >= 0.6 is 0 Å². The molecule has 3 aromatic carbocycles. The molecular formula is C31H36FN3O3. The number of methoxy groups -OCH3 is 2. The van der Waals surface area contributed by atoms with Gasteiger partial charge in [0.1, 0.15) is 5.82 Å². The molecule has 2 atom stereocenters. The molecule has 0 fully saturated rings. The van der Waals surface area contributed by atoms with Gasteiger partial charge >= 0.3 is 0 Å². The van der Waals surface area contributed by atoms with Crippen LogP contribution in [0.5, 0.6) is 11.5 Å². The first kappa shape index (κ1) is 26.2. The number of nitrogens with zero attached hydrogens (tertiary/aromatic N) is 3. The van der Waals surface area contributed by atoms with Crippen molar-refractivity contribution in [3.05, 3.63) is 94.3 Å². The number of carbonyl (C=O) groups excluding carboxylic acids is 1. The number of likely N-dealkylation sites (N-methyl/N-ethyl adjacent to an activating group) is 1. The highest BCUT2D eigenvalue weighted by molar-refractivity contribution is 5.83. The second kappa shape index (κ2) is 11.1. The summed E-state index contributed by atoms with van der Waals surface area (Å²) in [6, 6.07) is 18.7. The van der Waals surface area contributed by atoms with Gasteiger partial charge in [-0.25, -0.2) is 4.39 Å². The van der Waals surface area contributed by atoms with Crippen molar-refractivity contribution in [2.75, 3.05) is 41.4 Å². The lowest BCUT2D eigenvalue weighted by Gasteiger charge is -2.44. The Bertz CT molecular complexity index is 1310. The van der Waals surface area contributed by atoms with E-state index in [0.717, 1.165) is 12.0 Å². The highest BCUT2D eigenvalue weighted by Crippen LogP contribution is 2.39. The van der Waals surface area contributed by atoms with Crippen LogP contribution in [0.1, 0.15) is 33.9 Å². The van der Waals surface area contributed by atoms with Gasteiger partial charge in [-0.1, -0.05) is 42.5 Å². The number of fused-ring (bicyclic) bond motifs is 2. The zero-order chi connectivity index (χ0) is 26.8. The van der Waals surface area contributed by atoms with Crippen LogP contribution in [0, 0.1) is 5.82 Å². The van der Waals surface area contributed by atoms with Crippen LogP contribution in [0.4, 0.5) is 4.39 Å². The Balaban J connectivity index is 1.51. The van der Waals surface area contributed by atoms with Crippen molar-refractivity contribution >= 4 is 5.91 Å². The Labute approximate surface area is 224 Å². The van der Waals surface area contributed by atoms with E-state index in [1.807, 2.05) is 55.4 Å². The van der Waals surface area contributed by atoms with Gasteiger partial charge in [0, 0.05) is 31.7 Å². The zero-order valence-electron chi connectivity index (χ0n) is 22.6. The first-order valence-corrected chi connectivity index (χ1v) is 13.1. The summed E-state index contributed by atoms with van der Waals surface area (Å²) in [5, 5.41) is 0. The summed E-state index contributed by atoms with van der Waals surface area (Å²) in [5.74, 6) is 1.21. The van der Waals surface area contributed by atoms with Gasteiger partial charge in [0.25, 0.3) is 0 Å². The Kier molecular flexibility index (Phi) is 7.68. The van der Waals surface area contributed by atoms with Gasteiger partial charge in [0.15, 0.2) is 11.5 Å². The molecule has 2 heterocycles. The minimum absolute atomic E-state index is 0.0862. The van der Waals surface area contributed by atoms with Crippen molar-refractivity contribution in [2.24, 2.45) is 0 Å². The third-order valence-corrected chi connectivity index (χ3v) is 7.79. The van der Waals surface area contributed by atoms with E-state index >= 15 is 0 Å². The second-order valence-corrected chi connectivity index (χ2v) is 10.5. The van der Waals surface area contributed by atoms with Gasteiger partial charge in [-0.05, 0) is 67.4 Å². The maximum atomic E-state index is 14.7. The topological polar surface area (TPSA) is 45.3 Å². The Morgan fingerprint density at radius 2 is 1.66 bits per heavy atom. The van der Waals surface area contributed by atoms with E-state index in [9.17, 15) is 9.18 Å². The zero-order valence-corrected chi connectivity index (χ0v) is 22.6. The van der Waals surface area contributed by atoms with E-state index in [1.54, 1.807) is 20.3 Å². The smallest absolute Gasteiger partial charge is 0.240 e. The van der Waals surface area contributed by atoms with Gasteiger partial charge in [0.2, 0.25) is 5.91 Å². The van der Waals surface area contributed by atoms with E-state index < -0.39 is 0 Å². The molecule has 6 nitrogen and oxygen atoms in total. The van der Waals surface area contributed by atoms with Gasteiger partial charge in [0.05, 0.1) is 26.3 Å². The second-order valence-electron chi connectivity index (χ2n) is 10.5. The lowest BCUT2D eigenvalue weighted by atomic mass is 9.88. The number of rotatable bonds is 7. The van der Waals surface area contributed by atoms with Gasteiger partial charge in [-0.2, -0.15) is 0 Å². The summed E-state index contributed by atoms with van der Waals surface area (Å²) in [7, 11) is 7.33. The average Bonchev–Trinajstić information content (AvgIpc) is 2.92. The highest BCUT2D eigenvalue weighted by atomic mass is 19.1. The highest BCUT2D eigenvalue weighted by Gasteiger charge is 2.39. The van der Waals surface area contributed by atoms with Gasteiger partial charge < -0.3 is 19.3 Å². The SMILES string of the molecule is COc1cc2c(cc1OC)[C@@H](CN(C)C)N(C(=O)C1Cc3ccccc3CN1Cc1ccccc1F)CC2. The fourth-order valence-electron chi connectivity index (χ4n) is 5.86. The first-order chi connectivity index (χ1) is 18.4. The van der Waals surface area contributed by atoms with Crippen molar-refractivity contribution in [3.63, 3.8) is 0 Å². The van der Waals surface area contributed by atoms with Crippen LogP contribution in [0.3, 0.4) is 0 Å². The molecule has 1 amide bonds. The summed E-state index contributed by atoms with van der Waals surface area (Å²) >= 11 is 0. The lowest BCUT2D eigenvalue weighted by Crippen LogP contribution is -2.54. The number of benzene rings is 3. The standard InChI is InChI=1S/C31H36FN3O3/c1-33(2)20-28-25-17-30(38-4)29(37-3)16-22(25)13-14-35(28)31(36)27-15-21-9-5-6-10-23(21)18-34(27)19-24-11-7-8-12-26(24)32/h5-12,16-17,27-28H,13-15,18-20H2,1-4H3/t27?,28-/m1/s1. The van der Waals surface area contributed by atoms with Crippen molar-refractivity contribution in [3.8, 4) is 11.5 Å². The normalized spacial score (nSPS) is 19.2. The fraction of sp³-hybridized carbons (Fsp3) is 0.387. The van der Waals surface area contributed by atoms with Crippen molar-refractivity contribution in [1.82, 2.24) is 14.7 Å². The summed E-state index contributed by atoms with van der Waals surface area (Å²) < 4.78 is 25.8. The van der Waals surface area contributed by atoms with Gasteiger partial charge in [-0.15, -0.1) is 0 Å². The number of carbonyl (C=O) groups is 1. The fourth-order valence-corrected chi connectivity index (χ4v) is 5.86. The van der Waals surface area contributed by atoms with Crippen LogP contribution in [0.2, 0.25) is 0 Å². The molecule has 7 heteroatoms. The van der Waals surface area contributed by atoms with Crippen molar-refractivity contribution < 1.29 is 18.7 Å². The molecule has 0 saturated heterocycles. The van der Waals surface area contributed by atoms with E-state index in [1.165, 1.54) is 22.8 Å². The first-order valence-electron chi connectivity index (χ1n) is 13.1. The molecule has 38 heavy (non-hydrogen) atoms. The molecule has 0 aliphatic carbocycles. The Morgan fingerprint density at radius 3 is 2.37 bits per heavy atom. The summed E-state index contributed by atoms with van der Waals surface area (Å²) in [6.07, 6.45) is 1.34. The maximum absolute atomic E-state index is 14.7. The van der Waals surface area contributed by atoms with Crippen LogP contribution in [-0.4, -0.2) is 68.1 Å². The molecule has 1 unspecified atom stereocenters. The molecule has 0 radical (unpaired) electrons. The number of hydrogen-bond donors (Lipinski definition) is 0. The van der Waals surface area contributed by atoms with Crippen LogP contribution in [0.25, 0.3) is 0 Å². The predicted octanol–water partition coefficient (Wildman–Crippen LogP) is 4.46. The van der Waals surface area contributed by atoms with Gasteiger partial charge in [-0.3, -0.25) is 9.69 Å². The largest absolute Gasteiger partial charge is 0.493 e. The Hall–Kier alpha value is -3.42. The van der Waals surface area contributed by atoms with Crippen LogP contribution in [-0.2, 0) is 30.7 Å². The van der Waals surface area contributed by atoms with E-state index in [0.29, 0.717) is 49.7 Å². The molecule has 0 saturated carbocycles. The molecule has 5 rings (SSSR count). The Morgan fingerprint density at radius 1 is 0.974 bits per heavy atom. The molecule has 3 aromatic rings. The lowest BCUT2D eigenvalue weighted by molar-refractivity contribution is -0.141. The molecule has 200 valence electrons. The summed E-state index contributed by atoms with van der Waals surface area (Å²) in [5.41, 5.74) is 5.25. The molecule has 0 N–H and O–H groups in total. The maximum Gasteiger partial charge on any atom is 0.240 e. The van der Waals surface area contributed by atoms with Crippen LogP contribution in [0.15, 0.2) is 60.7 Å². The molecule has 0 aromatic heterocycles. The van der Waals surface area contributed by atoms with Crippen molar-refractivity contribution in [2.45, 2.75) is 38.0 Å². The minimum Gasteiger partial charge on any atom is -0.493 e. The number of ether oxygens (including phenoxy) is 2. The van der Waals surface area contributed by atoms with E-state index in [-0.39, 0.29) is 23.8 Å². The van der Waals surface area contributed by atoms with E-state index in [2.05, 4.69) is 21.9 Å². The van der Waals surface area contributed by atoms with Crippen molar-refractivity contribution in [1.29, 1.82) is 0 Å². The third-order valence-electron chi connectivity index (χ3n) is 7.79. The quantitative estimate of drug-likeness (QED) is 0.463. The molecule has 0 spiro atoms. The molecule has 0 bridgehead atoms. The van der Waals surface area contributed by atoms with Crippen LogP contribution < -0.4 is 9.47 Å². The average molecular weight is 518 g/mol. The summed E-state index contributed by atoms with van der Waals surface area (Å²) in [6.45, 7) is 2.29. The molecule has 2 aliphatic heterocycles. The molecule has 2 aliphatic rings. The molecular weight excluding hydrogens is 481 g/mol. The summed E-state index contributed by atoms with van der Waals surface area (Å²) in [4.78, 5) is 20.7. The van der Waals surface area contributed by atoms with E-state index in [4.69, 9.17) is 9.47 Å². The third kappa shape index (κ3) is 5.13. The predicted molar refractivity (Wildman–Crippen MR) is 146 cm³/mol. The monoisotopic (exact) mass is 517 g/mol. The minimum atomic E-state index is -0.379.